The van der Waals surface area contributed by atoms with E-state index in [1.54, 1.807) is 13.0 Å². The molecule has 1 aromatic rings. The third-order valence-corrected chi connectivity index (χ3v) is 3.05. The van der Waals surface area contributed by atoms with E-state index in [4.69, 9.17) is 22.1 Å². The van der Waals surface area contributed by atoms with E-state index in [-0.39, 0.29) is 11.9 Å². The van der Waals surface area contributed by atoms with Gasteiger partial charge < -0.3 is 15.8 Å². The van der Waals surface area contributed by atoms with Gasteiger partial charge in [-0.1, -0.05) is 23.7 Å². The highest BCUT2D eigenvalue weighted by Gasteiger charge is 2.25. The summed E-state index contributed by atoms with van der Waals surface area (Å²) in [6.45, 7) is 2.20. The molecule has 0 saturated carbocycles. The molecule has 0 fully saturated rings. The van der Waals surface area contributed by atoms with Crippen molar-refractivity contribution >= 4 is 17.5 Å². The van der Waals surface area contributed by atoms with Gasteiger partial charge in [0.2, 0.25) is 5.91 Å². The van der Waals surface area contributed by atoms with Gasteiger partial charge in [0.05, 0.1) is 23.7 Å². The van der Waals surface area contributed by atoms with Crippen molar-refractivity contribution in [1.82, 2.24) is 5.32 Å². The Morgan fingerprint density at radius 3 is 3.12 bits per heavy atom. The van der Waals surface area contributed by atoms with E-state index < -0.39 is 6.04 Å². The van der Waals surface area contributed by atoms with Crippen LogP contribution in [-0.4, -0.2) is 18.6 Å². The number of rotatable bonds is 2. The highest BCUT2D eigenvalue weighted by molar-refractivity contribution is 6.32. The largest absolute Gasteiger partial charge is 0.492 e. The summed E-state index contributed by atoms with van der Waals surface area (Å²) >= 11 is 6.04. The molecular formula is C12H15ClN2O2. The van der Waals surface area contributed by atoms with Crippen LogP contribution in [0.25, 0.3) is 0 Å². The first kappa shape index (κ1) is 12.2. The van der Waals surface area contributed by atoms with Gasteiger partial charge in [0, 0.05) is 12.0 Å². The molecular weight excluding hydrogens is 240 g/mol. The first-order valence-electron chi connectivity index (χ1n) is 5.56. The number of fused-ring (bicyclic) bond motifs is 1. The Morgan fingerprint density at radius 2 is 2.41 bits per heavy atom. The van der Waals surface area contributed by atoms with Crippen LogP contribution in [0.15, 0.2) is 18.2 Å². The van der Waals surface area contributed by atoms with Crippen LogP contribution in [0.2, 0.25) is 5.02 Å². The first-order chi connectivity index (χ1) is 8.09. The van der Waals surface area contributed by atoms with Gasteiger partial charge in [-0.3, -0.25) is 4.79 Å². The number of ether oxygens (including phenoxy) is 1. The minimum atomic E-state index is -0.513. The van der Waals surface area contributed by atoms with Crippen LogP contribution >= 0.6 is 11.6 Å². The molecule has 3 N–H and O–H groups in total. The molecule has 0 spiro atoms. The lowest BCUT2D eigenvalue weighted by atomic mass is 10.0. The molecule has 2 atom stereocenters. The minimum Gasteiger partial charge on any atom is -0.492 e. The van der Waals surface area contributed by atoms with Crippen LogP contribution in [-0.2, 0) is 4.79 Å². The normalized spacial score (nSPS) is 20.1. The number of amides is 1. The fourth-order valence-corrected chi connectivity index (χ4v) is 2.08. The Kier molecular flexibility index (Phi) is 3.54. The van der Waals surface area contributed by atoms with Crippen molar-refractivity contribution in [1.29, 1.82) is 0 Å². The molecule has 92 valence electrons. The van der Waals surface area contributed by atoms with Gasteiger partial charge in [-0.25, -0.2) is 0 Å². The molecule has 1 aliphatic rings. The summed E-state index contributed by atoms with van der Waals surface area (Å²) in [5, 5.41) is 3.47. The second-order valence-corrected chi connectivity index (χ2v) is 4.55. The fraction of sp³-hybridized carbons (Fsp3) is 0.417. The predicted molar refractivity (Wildman–Crippen MR) is 66.1 cm³/mol. The molecule has 0 bridgehead atoms. The van der Waals surface area contributed by atoms with Crippen LogP contribution in [0.3, 0.4) is 0 Å². The Bertz CT molecular complexity index is 435. The maximum absolute atomic E-state index is 11.6. The number of benzene rings is 1. The quantitative estimate of drug-likeness (QED) is 0.843. The van der Waals surface area contributed by atoms with Gasteiger partial charge in [0.1, 0.15) is 5.75 Å². The Hall–Kier alpha value is -1.26. The monoisotopic (exact) mass is 254 g/mol. The number of nitrogens with two attached hydrogens (primary N) is 1. The topological polar surface area (TPSA) is 64.4 Å². The van der Waals surface area contributed by atoms with Gasteiger partial charge in [-0.2, -0.15) is 0 Å². The van der Waals surface area contributed by atoms with Crippen molar-refractivity contribution in [3.8, 4) is 5.75 Å². The summed E-state index contributed by atoms with van der Waals surface area (Å²) in [7, 11) is 0. The maximum Gasteiger partial charge on any atom is 0.237 e. The smallest absolute Gasteiger partial charge is 0.237 e. The second-order valence-electron chi connectivity index (χ2n) is 4.15. The van der Waals surface area contributed by atoms with E-state index in [9.17, 15) is 4.79 Å². The zero-order valence-corrected chi connectivity index (χ0v) is 10.3. The van der Waals surface area contributed by atoms with E-state index in [1.807, 2.05) is 12.1 Å². The van der Waals surface area contributed by atoms with Crippen LogP contribution in [0.5, 0.6) is 5.75 Å². The predicted octanol–water partition coefficient (Wildman–Crippen LogP) is 1.63. The molecule has 1 heterocycles. The van der Waals surface area contributed by atoms with Gasteiger partial charge in [-0.05, 0) is 13.0 Å². The molecule has 0 aromatic heterocycles. The van der Waals surface area contributed by atoms with E-state index in [1.165, 1.54) is 0 Å². The molecule has 1 aromatic carbocycles. The highest BCUT2D eigenvalue weighted by Crippen LogP contribution is 2.37. The summed E-state index contributed by atoms with van der Waals surface area (Å²) in [6.07, 6.45) is 0.728. The van der Waals surface area contributed by atoms with Crippen LogP contribution in [0.4, 0.5) is 0 Å². The van der Waals surface area contributed by atoms with Crippen LogP contribution in [0.1, 0.15) is 24.9 Å². The molecule has 5 heteroatoms. The molecule has 0 saturated heterocycles. The van der Waals surface area contributed by atoms with Crippen molar-refractivity contribution in [2.45, 2.75) is 25.4 Å². The molecule has 0 aliphatic carbocycles. The number of nitrogens with one attached hydrogen (secondary N) is 1. The summed E-state index contributed by atoms with van der Waals surface area (Å²) in [5.41, 5.74) is 6.45. The zero-order valence-electron chi connectivity index (χ0n) is 9.57. The van der Waals surface area contributed by atoms with Gasteiger partial charge in [-0.15, -0.1) is 0 Å². The van der Waals surface area contributed by atoms with E-state index >= 15 is 0 Å². The molecule has 17 heavy (non-hydrogen) atoms. The Balaban J connectivity index is 2.23. The Labute approximate surface area is 105 Å². The molecule has 2 rings (SSSR count). The van der Waals surface area contributed by atoms with Crippen LogP contribution < -0.4 is 15.8 Å². The molecule has 1 unspecified atom stereocenters. The molecule has 1 amide bonds. The maximum atomic E-state index is 11.6. The average Bonchev–Trinajstić information content (AvgIpc) is 2.30. The third kappa shape index (κ3) is 2.53. The molecule has 1 aliphatic heterocycles. The Morgan fingerprint density at radius 1 is 1.65 bits per heavy atom. The minimum absolute atomic E-state index is 0.0732. The van der Waals surface area contributed by atoms with Crippen LogP contribution in [0, 0.1) is 0 Å². The summed E-state index contributed by atoms with van der Waals surface area (Å²) in [6, 6.07) is 4.94. The zero-order chi connectivity index (χ0) is 12.4. The summed E-state index contributed by atoms with van der Waals surface area (Å²) in [5.74, 6) is 0.498. The van der Waals surface area contributed by atoms with Crippen molar-refractivity contribution in [2.75, 3.05) is 6.61 Å². The number of hydrogen-bond acceptors (Lipinski definition) is 3. The number of para-hydroxylation sites is 1. The SMILES string of the molecule is C[C@H](N)C(=O)NC1CCOc2c(Cl)cccc21. The van der Waals surface area contributed by atoms with Crippen molar-refractivity contribution in [3.05, 3.63) is 28.8 Å². The van der Waals surface area contributed by atoms with Gasteiger partial charge in [0.15, 0.2) is 0 Å². The standard InChI is InChI=1S/C12H15ClN2O2/c1-7(14)12(16)15-10-5-6-17-11-8(10)3-2-4-9(11)13/h2-4,7,10H,5-6,14H2,1H3,(H,15,16)/t7-,10?/m0/s1. The molecule has 0 radical (unpaired) electrons. The summed E-state index contributed by atoms with van der Waals surface area (Å²) in [4.78, 5) is 11.6. The number of halogens is 1. The van der Waals surface area contributed by atoms with E-state index in [0.29, 0.717) is 17.4 Å². The van der Waals surface area contributed by atoms with Gasteiger partial charge >= 0.3 is 0 Å². The lowest BCUT2D eigenvalue weighted by Gasteiger charge is -2.27. The number of carbonyl (C=O) groups is 1. The van der Waals surface area contributed by atoms with Crippen molar-refractivity contribution in [2.24, 2.45) is 5.73 Å². The fourth-order valence-electron chi connectivity index (χ4n) is 1.84. The van der Waals surface area contributed by atoms with Crippen molar-refractivity contribution in [3.63, 3.8) is 0 Å². The lowest BCUT2D eigenvalue weighted by molar-refractivity contribution is -0.122. The number of hydrogen-bond donors (Lipinski definition) is 2. The highest BCUT2D eigenvalue weighted by atomic mass is 35.5. The lowest BCUT2D eigenvalue weighted by Crippen LogP contribution is -2.41. The van der Waals surface area contributed by atoms with Crippen molar-refractivity contribution < 1.29 is 9.53 Å². The van der Waals surface area contributed by atoms with E-state index in [2.05, 4.69) is 5.32 Å². The molecule has 4 nitrogen and oxygen atoms in total. The number of carbonyl (C=O) groups excluding carboxylic acids is 1. The van der Waals surface area contributed by atoms with Gasteiger partial charge in [0.25, 0.3) is 0 Å². The average molecular weight is 255 g/mol. The summed E-state index contributed by atoms with van der Waals surface area (Å²) < 4.78 is 5.51. The second kappa shape index (κ2) is 4.94. The first-order valence-corrected chi connectivity index (χ1v) is 5.94. The third-order valence-electron chi connectivity index (χ3n) is 2.76. The van der Waals surface area contributed by atoms with E-state index in [0.717, 1.165) is 12.0 Å².